The van der Waals surface area contributed by atoms with E-state index < -0.39 is 0 Å². The van der Waals surface area contributed by atoms with Gasteiger partial charge in [-0.15, -0.1) is 0 Å². The molecule has 1 atom stereocenters. The van der Waals surface area contributed by atoms with Crippen molar-refractivity contribution in [2.75, 3.05) is 13.1 Å². The Hall–Kier alpha value is -3.22. The third-order valence-corrected chi connectivity index (χ3v) is 5.40. The SMILES string of the molecule is Cc1cnc2c(C(=O)N3CCCCC3CCNC(=O)c3ccccc3)cnn2c1. The molecular formula is C22H25N5O2. The third kappa shape index (κ3) is 4.13. The van der Waals surface area contributed by atoms with Gasteiger partial charge in [0.05, 0.1) is 6.20 Å². The van der Waals surface area contributed by atoms with Gasteiger partial charge in [0.1, 0.15) is 5.56 Å². The van der Waals surface area contributed by atoms with Gasteiger partial charge in [-0.3, -0.25) is 9.59 Å². The quantitative estimate of drug-likeness (QED) is 0.725. The van der Waals surface area contributed by atoms with E-state index in [-0.39, 0.29) is 17.9 Å². The standard InChI is InChI=1S/C22H25N5O2/c1-16-13-24-20-19(14-25-27(20)15-16)22(29)26-12-6-5-9-18(26)10-11-23-21(28)17-7-3-2-4-8-17/h2-4,7-8,13-15,18H,5-6,9-12H2,1H3,(H,23,28). The molecule has 1 saturated heterocycles. The number of carbonyl (C=O) groups excluding carboxylic acids is 2. The Morgan fingerprint density at radius 3 is 2.83 bits per heavy atom. The number of aryl methyl sites for hydroxylation is 1. The number of nitrogens with zero attached hydrogens (tertiary/aromatic N) is 4. The highest BCUT2D eigenvalue weighted by Gasteiger charge is 2.29. The van der Waals surface area contributed by atoms with Crippen molar-refractivity contribution in [1.29, 1.82) is 0 Å². The van der Waals surface area contributed by atoms with E-state index in [1.165, 1.54) is 0 Å². The summed E-state index contributed by atoms with van der Waals surface area (Å²) >= 11 is 0. The van der Waals surface area contributed by atoms with Gasteiger partial charge in [0, 0.05) is 37.1 Å². The van der Waals surface area contributed by atoms with Gasteiger partial charge in [-0.05, 0) is 50.3 Å². The van der Waals surface area contributed by atoms with Gasteiger partial charge in [0.25, 0.3) is 11.8 Å². The van der Waals surface area contributed by atoms with Crippen LogP contribution in [-0.4, -0.2) is 50.4 Å². The number of aromatic nitrogens is 3. The molecule has 0 aliphatic carbocycles. The van der Waals surface area contributed by atoms with E-state index in [2.05, 4.69) is 15.4 Å². The molecule has 1 unspecified atom stereocenters. The average molecular weight is 391 g/mol. The number of piperidine rings is 1. The minimum Gasteiger partial charge on any atom is -0.352 e. The maximum absolute atomic E-state index is 13.2. The van der Waals surface area contributed by atoms with Crippen LogP contribution in [0.15, 0.2) is 48.9 Å². The van der Waals surface area contributed by atoms with Crippen LogP contribution in [0.25, 0.3) is 5.65 Å². The number of fused-ring (bicyclic) bond motifs is 1. The number of rotatable bonds is 5. The molecule has 1 N–H and O–H groups in total. The number of hydrogen-bond acceptors (Lipinski definition) is 4. The van der Waals surface area contributed by atoms with Crippen LogP contribution in [0.3, 0.4) is 0 Å². The predicted molar refractivity (Wildman–Crippen MR) is 110 cm³/mol. The normalized spacial score (nSPS) is 16.7. The van der Waals surface area contributed by atoms with Crippen LogP contribution in [0, 0.1) is 6.92 Å². The fraction of sp³-hybridized carbons (Fsp3) is 0.364. The van der Waals surface area contributed by atoms with E-state index in [4.69, 9.17) is 0 Å². The zero-order valence-corrected chi connectivity index (χ0v) is 16.5. The van der Waals surface area contributed by atoms with Crippen molar-refractivity contribution in [3.8, 4) is 0 Å². The third-order valence-electron chi connectivity index (χ3n) is 5.40. The molecule has 29 heavy (non-hydrogen) atoms. The molecule has 3 heterocycles. The lowest BCUT2D eigenvalue weighted by molar-refractivity contribution is 0.0603. The van der Waals surface area contributed by atoms with Gasteiger partial charge >= 0.3 is 0 Å². The summed E-state index contributed by atoms with van der Waals surface area (Å²) in [6, 6.07) is 9.29. The second-order valence-electron chi connectivity index (χ2n) is 7.52. The predicted octanol–water partition coefficient (Wildman–Crippen LogP) is 2.85. The summed E-state index contributed by atoms with van der Waals surface area (Å²) in [5.41, 5.74) is 2.76. The van der Waals surface area contributed by atoms with Crippen LogP contribution in [0.4, 0.5) is 0 Å². The Bertz CT molecular complexity index is 1010. The van der Waals surface area contributed by atoms with Gasteiger partial charge in [-0.1, -0.05) is 18.2 Å². The monoisotopic (exact) mass is 391 g/mol. The largest absolute Gasteiger partial charge is 0.352 e. The van der Waals surface area contributed by atoms with Crippen molar-refractivity contribution >= 4 is 17.5 Å². The molecule has 150 valence electrons. The molecule has 0 saturated carbocycles. The van der Waals surface area contributed by atoms with Crippen LogP contribution in [0.2, 0.25) is 0 Å². The Labute approximate surface area is 169 Å². The molecule has 1 aliphatic rings. The first-order valence-corrected chi connectivity index (χ1v) is 10.1. The van der Waals surface area contributed by atoms with E-state index in [1.807, 2.05) is 36.2 Å². The van der Waals surface area contributed by atoms with E-state index in [0.717, 1.165) is 37.8 Å². The summed E-state index contributed by atoms with van der Waals surface area (Å²) < 4.78 is 1.65. The number of amides is 2. The molecule has 1 aromatic carbocycles. The zero-order chi connectivity index (χ0) is 20.2. The molecule has 0 bridgehead atoms. The van der Waals surface area contributed by atoms with Crippen LogP contribution in [0.1, 0.15) is 52.0 Å². The van der Waals surface area contributed by atoms with Crippen LogP contribution in [-0.2, 0) is 0 Å². The molecule has 7 nitrogen and oxygen atoms in total. The summed E-state index contributed by atoms with van der Waals surface area (Å²) in [5.74, 6) is -0.114. The summed E-state index contributed by atoms with van der Waals surface area (Å²) in [6.45, 7) is 3.20. The summed E-state index contributed by atoms with van der Waals surface area (Å²) in [7, 11) is 0. The number of benzene rings is 1. The maximum Gasteiger partial charge on any atom is 0.259 e. The Morgan fingerprint density at radius 1 is 1.17 bits per heavy atom. The highest BCUT2D eigenvalue weighted by Crippen LogP contribution is 2.23. The number of carbonyl (C=O) groups is 2. The van der Waals surface area contributed by atoms with Crippen molar-refractivity contribution < 1.29 is 9.59 Å². The summed E-state index contributed by atoms with van der Waals surface area (Å²) in [4.78, 5) is 31.8. The first-order chi connectivity index (χ1) is 14.1. The van der Waals surface area contributed by atoms with Gasteiger partial charge < -0.3 is 10.2 Å². The molecule has 7 heteroatoms. The molecule has 0 radical (unpaired) electrons. The highest BCUT2D eigenvalue weighted by atomic mass is 16.2. The van der Waals surface area contributed by atoms with E-state index in [1.54, 1.807) is 29.0 Å². The fourth-order valence-electron chi connectivity index (χ4n) is 3.89. The first kappa shape index (κ1) is 19.1. The fourth-order valence-corrected chi connectivity index (χ4v) is 3.89. The molecular weight excluding hydrogens is 366 g/mol. The van der Waals surface area contributed by atoms with Crippen molar-refractivity contribution in [1.82, 2.24) is 24.8 Å². The van der Waals surface area contributed by atoms with Crippen molar-refractivity contribution in [2.24, 2.45) is 0 Å². The molecule has 1 aliphatic heterocycles. The Balaban J connectivity index is 1.43. The molecule has 0 spiro atoms. The molecule has 2 aromatic heterocycles. The Kier molecular flexibility index (Phi) is 5.55. The van der Waals surface area contributed by atoms with Crippen molar-refractivity contribution in [2.45, 2.75) is 38.6 Å². The van der Waals surface area contributed by atoms with Crippen LogP contribution in [0.5, 0.6) is 0 Å². The van der Waals surface area contributed by atoms with Gasteiger partial charge in [-0.2, -0.15) is 5.10 Å². The average Bonchev–Trinajstić information content (AvgIpc) is 3.17. The zero-order valence-electron chi connectivity index (χ0n) is 16.5. The summed E-state index contributed by atoms with van der Waals surface area (Å²) in [6.07, 6.45) is 8.98. The maximum atomic E-state index is 13.2. The molecule has 1 fully saturated rings. The van der Waals surface area contributed by atoms with E-state index in [9.17, 15) is 9.59 Å². The second kappa shape index (κ2) is 8.43. The van der Waals surface area contributed by atoms with E-state index in [0.29, 0.717) is 23.3 Å². The topological polar surface area (TPSA) is 79.6 Å². The van der Waals surface area contributed by atoms with Gasteiger partial charge in [-0.25, -0.2) is 9.50 Å². The van der Waals surface area contributed by atoms with E-state index >= 15 is 0 Å². The first-order valence-electron chi connectivity index (χ1n) is 10.1. The minimum absolute atomic E-state index is 0.0320. The smallest absolute Gasteiger partial charge is 0.259 e. The van der Waals surface area contributed by atoms with Crippen LogP contribution < -0.4 is 5.32 Å². The van der Waals surface area contributed by atoms with Gasteiger partial charge in [0.2, 0.25) is 0 Å². The lowest BCUT2D eigenvalue weighted by atomic mass is 9.98. The molecule has 4 rings (SSSR count). The van der Waals surface area contributed by atoms with Crippen LogP contribution >= 0.6 is 0 Å². The second-order valence-corrected chi connectivity index (χ2v) is 7.52. The lowest BCUT2D eigenvalue weighted by Crippen LogP contribution is -2.45. The van der Waals surface area contributed by atoms with Crippen molar-refractivity contribution in [3.05, 3.63) is 65.6 Å². The number of likely N-dealkylation sites (tertiary alicyclic amines) is 1. The molecule has 3 aromatic rings. The number of nitrogens with one attached hydrogen (secondary N) is 1. The minimum atomic E-state index is -0.0820. The summed E-state index contributed by atoms with van der Waals surface area (Å²) in [5, 5.41) is 7.26. The number of hydrogen-bond donors (Lipinski definition) is 1. The highest BCUT2D eigenvalue weighted by molar-refractivity contribution is 5.99. The molecule has 2 amide bonds. The Morgan fingerprint density at radius 2 is 2.00 bits per heavy atom. The van der Waals surface area contributed by atoms with Gasteiger partial charge in [0.15, 0.2) is 5.65 Å². The lowest BCUT2D eigenvalue weighted by Gasteiger charge is -2.35. The van der Waals surface area contributed by atoms with Crippen molar-refractivity contribution in [3.63, 3.8) is 0 Å².